The van der Waals surface area contributed by atoms with Gasteiger partial charge in [-0.05, 0) is 20.8 Å². The van der Waals surface area contributed by atoms with Gasteiger partial charge in [-0.1, -0.05) is 0 Å². The van der Waals surface area contributed by atoms with Crippen LogP contribution in [0.2, 0.25) is 0 Å². The Hall–Kier alpha value is -2.11. The van der Waals surface area contributed by atoms with Gasteiger partial charge in [0.15, 0.2) is 0 Å². The summed E-state index contributed by atoms with van der Waals surface area (Å²) in [6.45, 7) is 5.86. The van der Waals surface area contributed by atoms with E-state index in [4.69, 9.17) is 5.73 Å². The highest BCUT2D eigenvalue weighted by Crippen LogP contribution is 2.11. The normalized spacial score (nSPS) is 11.7. The second kappa shape index (κ2) is 3.73. The van der Waals surface area contributed by atoms with Crippen molar-refractivity contribution in [3.8, 4) is 5.82 Å². The lowest BCUT2D eigenvalue weighted by Gasteiger charge is -2.22. The highest BCUT2D eigenvalue weighted by atomic mass is 16.1. The molecule has 0 fully saturated rings. The molecule has 2 aromatic heterocycles. The van der Waals surface area contributed by atoms with Gasteiger partial charge in [0.25, 0.3) is 5.56 Å². The number of nitrogen functional groups attached to an aromatic ring is 1. The average molecular weight is 233 g/mol. The van der Waals surface area contributed by atoms with Crippen molar-refractivity contribution in [1.82, 2.24) is 19.3 Å². The van der Waals surface area contributed by atoms with E-state index < -0.39 is 0 Å². The highest BCUT2D eigenvalue weighted by Gasteiger charge is 2.17. The van der Waals surface area contributed by atoms with E-state index in [9.17, 15) is 4.79 Å². The van der Waals surface area contributed by atoms with Crippen LogP contribution in [-0.2, 0) is 5.54 Å². The highest BCUT2D eigenvalue weighted by molar-refractivity contribution is 5.34. The van der Waals surface area contributed by atoms with Crippen molar-refractivity contribution in [2.75, 3.05) is 5.73 Å². The van der Waals surface area contributed by atoms with Crippen molar-refractivity contribution in [1.29, 1.82) is 0 Å². The van der Waals surface area contributed by atoms with E-state index in [-0.39, 0.29) is 16.9 Å². The molecule has 0 amide bonds. The number of aromatic nitrogens is 4. The fraction of sp³-hybridized carbons (Fsp3) is 0.364. The van der Waals surface area contributed by atoms with Crippen LogP contribution >= 0.6 is 0 Å². The molecule has 0 atom stereocenters. The maximum absolute atomic E-state index is 12.2. The van der Waals surface area contributed by atoms with Gasteiger partial charge in [-0.2, -0.15) is 5.10 Å². The van der Waals surface area contributed by atoms with E-state index in [1.165, 1.54) is 10.9 Å². The van der Waals surface area contributed by atoms with E-state index in [0.717, 1.165) is 0 Å². The molecule has 17 heavy (non-hydrogen) atoms. The Labute approximate surface area is 98.7 Å². The van der Waals surface area contributed by atoms with Crippen LogP contribution in [0.3, 0.4) is 0 Å². The van der Waals surface area contributed by atoms with E-state index >= 15 is 0 Å². The third-order valence-corrected chi connectivity index (χ3v) is 2.36. The zero-order valence-electron chi connectivity index (χ0n) is 10.1. The molecule has 6 heteroatoms. The minimum atomic E-state index is -0.298. The number of nitrogens with zero attached hydrogens (tertiary/aromatic N) is 4. The molecule has 0 saturated carbocycles. The van der Waals surface area contributed by atoms with E-state index in [1.54, 1.807) is 23.2 Å². The van der Waals surface area contributed by atoms with Crippen molar-refractivity contribution >= 4 is 5.69 Å². The summed E-state index contributed by atoms with van der Waals surface area (Å²) in [4.78, 5) is 16.3. The van der Waals surface area contributed by atoms with Crippen LogP contribution in [0, 0.1) is 0 Å². The molecule has 0 bridgehead atoms. The number of hydrogen-bond donors (Lipinski definition) is 1. The Bertz CT molecular complexity index is 590. The van der Waals surface area contributed by atoms with Crippen LogP contribution in [0.15, 0.2) is 29.6 Å². The minimum absolute atomic E-state index is 0.192. The molecule has 2 aromatic rings. The number of anilines is 1. The van der Waals surface area contributed by atoms with Gasteiger partial charge in [-0.3, -0.25) is 4.79 Å². The van der Waals surface area contributed by atoms with Crippen molar-refractivity contribution < 1.29 is 0 Å². The summed E-state index contributed by atoms with van der Waals surface area (Å²) in [6.07, 6.45) is 6.30. The third kappa shape index (κ3) is 2.06. The molecule has 0 aliphatic carbocycles. The predicted molar refractivity (Wildman–Crippen MR) is 65.0 cm³/mol. The molecule has 0 saturated heterocycles. The second-order valence-corrected chi connectivity index (χ2v) is 4.82. The first-order valence-electron chi connectivity index (χ1n) is 5.28. The summed E-state index contributed by atoms with van der Waals surface area (Å²) >= 11 is 0. The molecule has 6 nitrogen and oxygen atoms in total. The van der Waals surface area contributed by atoms with Gasteiger partial charge in [0.05, 0.1) is 18.1 Å². The molecule has 90 valence electrons. The topological polar surface area (TPSA) is 78.7 Å². The monoisotopic (exact) mass is 233 g/mol. The summed E-state index contributed by atoms with van der Waals surface area (Å²) < 4.78 is 3.01. The molecule has 2 heterocycles. The predicted octanol–water partition coefficient (Wildman–Crippen LogP) is 0.766. The fourth-order valence-electron chi connectivity index (χ4n) is 1.54. The lowest BCUT2D eigenvalue weighted by atomic mass is 10.1. The van der Waals surface area contributed by atoms with Crippen LogP contribution in [0.25, 0.3) is 5.82 Å². The lowest BCUT2D eigenvalue weighted by Crippen LogP contribution is -2.35. The molecular formula is C11H15N5O. The number of nitrogens with two attached hydrogens (primary N) is 1. The van der Waals surface area contributed by atoms with E-state index in [2.05, 4.69) is 10.1 Å². The SMILES string of the molecule is CC(C)(C)n1ccnc(-n2cc(N)cn2)c1=O. The quantitative estimate of drug-likeness (QED) is 0.789. The van der Waals surface area contributed by atoms with Crippen LogP contribution in [0.1, 0.15) is 20.8 Å². The van der Waals surface area contributed by atoms with Gasteiger partial charge < -0.3 is 10.3 Å². The smallest absolute Gasteiger partial charge is 0.296 e. The Balaban J connectivity index is 2.62. The van der Waals surface area contributed by atoms with Gasteiger partial charge in [-0.15, -0.1) is 0 Å². The summed E-state index contributed by atoms with van der Waals surface area (Å²) in [7, 11) is 0. The molecule has 0 radical (unpaired) electrons. The van der Waals surface area contributed by atoms with Gasteiger partial charge in [-0.25, -0.2) is 9.67 Å². The molecule has 2 rings (SSSR count). The third-order valence-electron chi connectivity index (χ3n) is 2.36. The van der Waals surface area contributed by atoms with E-state index in [1.807, 2.05) is 20.8 Å². The van der Waals surface area contributed by atoms with Crippen molar-refractivity contribution in [2.24, 2.45) is 0 Å². The largest absolute Gasteiger partial charge is 0.396 e. The van der Waals surface area contributed by atoms with Crippen molar-refractivity contribution in [3.63, 3.8) is 0 Å². The van der Waals surface area contributed by atoms with Crippen LogP contribution in [-0.4, -0.2) is 19.3 Å². The van der Waals surface area contributed by atoms with Crippen molar-refractivity contribution in [3.05, 3.63) is 35.1 Å². The fourth-order valence-corrected chi connectivity index (χ4v) is 1.54. The van der Waals surface area contributed by atoms with Gasteiger partial charge in [0, 0.05) is 17.9 Å². The van der Waals surface area contributed by atoms with Crippen LogP contribution < -0.4 is 11.3 Å². The Morgan fingerprint density at radius 1 is 1.35 bits per heavy atom. The minimum Gasteiger partial charge on any atom is -0.396 e. The number of hydrogen-bond acceptors (Lipinski definition) is 4. The number of rotatable bonds is 1. The van der Waals surface area contributed by atoms with Gasteiger partial charge in [0.1, 0.15) is 0 Å². The maximum Gasteiger partial charge on any atom is 0.296 e. The molecule has 2 N–H and O–H groups in total. The molecule has 0 aliphatic rings. The second-order valence-electron chi connectivity index (χ2n) is 4.82. The standard InChI is InChI=1S/C11H15N5O/c1-11(2,3)15-5-4-13-9(10(15)17)16-7-8(12)6-14-16/h4-7H,12H2,1-3H3. The van der Waals surface area contributed by atoms with Crippen LogP contribution in [0.5, 0.6) is 0 Å². The Morgan fingerprint density at radius 3 is 2.59 bits per heavy atom. The first kappa shape index (κ1) is 11.4. The van der Waals surface area contributed by atoms with Crippen LogP contribution in [0.4, 0.5) is 5.69 Å². The average Bonchev–Trinajstić information content (AvgIpc) is 2.63. The lowest BCUT2D eigenvalue weighted by molar-refractivity contribution is 0.381. The molecule has 0 unspecified atom stereocenters. The Kier molecular flexibility index (Phi) is 2.49. The molecule has 0 spiro atoms. The zero-order chi connectivity index (χ0) is 12.6. The van der Waals surface area contributed by atoms with Gasteiger partial charge >= 0.3 is 0 Å². The first-order valence-corrected chi connectivity index (χ1v) is 5.28. The molecule has 0 aromatic carbocycles. The molecular weight excluding hydrogens is 218 g/mol. The first-order chi connectivity index (χ1) is 7.89. The van der Waals surface area contributed by atoms with Gasteiger partial charge in [0.2, 0.25) is 5.82 Å². The summed E-state index contributed by atoms with van der Waals surface area (Å²) in [5.41, 5.74) is 5.58. The Morgan fingerprint density at radius 2 is 2.06 bits per heavy atom. The zero-order valence-corrected chi connectivity index (χ0v) is 10.1. The van der Waals surface area contributed by atoms with Crippen molar-refractivity contribution in [2.45, 2.75) is 26.3 Å². The summed E-state index contributed by atoms with van der Waals surface area (Å²) in [5, 5.41) is 3.99. The summed E-state index contributed by atoms with van der Waals surface area (Å²) in [6, 6.07) is 0. The maximum atomic E-state index is 12.2. The molecule has 0 aliphatic heterocycles. The summed E-state index contributed by atoms with van der Waals surface area (Å²) in [5.74, 6) is 0.249. The van der Waals surface area contributed by atoms with E-state index in [0.29, 0.717) is 5.69 Å².